The van der Waals surface area contributed by atoms with Gasteiger partial charge in [0.05, 0.1) is 16.7 Å². The Hall–Kier alpha value is -7.16. The van der Waals surface area contributed by atoms with Gasteiger partial charge in [0.2, 0.25) is 0 Å². The number of hydrogen-bond donors (Lipinski definition) is 0. The molecule has 0 N–H and O–H groups in total. The first-order chi connectivity index (χ1) is 29.2. The molecule has 0 radical (unpaired) electrons. The summed E-state index contributed by atoms with van der Waals surface area (Å²) in [5.41, 5.74) is 17.9. The van der Waals surface area contributed by atoms with E-state index in [1.54, 1.807) is 0 Å². The van der Waals surface area contributed by atoms with Crippen LogP contribution in [0.1, 0.15) is 36.8 Å². The van der Waals surface area contributed by atoms with Crippen LogP contribution in [0.15, 0.2) is 206 Å². The summed E-state index contributed by atoms with van der Waals surface area (Å²) in [6, 6.07) is 76.5. The first-order valence-corrected chi connectivity index (χ1v) is 21.1. The van der Waals surface area contributed by atoms with Gasteiger partial charge in [0.15, 0.2) is 0 Å². The van der Waals surface area contributed by atoms with Crippen LogP contribution in [0.5, 0.6) is 0 Å². The fourth-order valence-corrected chi connectivity index (χ4v) is 10.7. The van der Waals surface area contributed by atoms with Gasteiger partial charge in [-0.25, -0.2) is 0 Å². The normalized spacial score (nSPS) is 14.0. The summed E-state index contributed by atoms with van der Waals surface area (Å²) in [5.74, 6) is 0. The molecule has 9 aromatic carbocycles. The van der Waals surface area contributed by atoms with E-state index in [0.717, 1.165) is 22.7 Å². The second kappa shape index (κ2) is 13.5. The molecule has 2 heteroatoms. The molecular formula is C57H42N2. The van der Waals surface area contributed by atoms with Gasteiger partial charge in [-0.1, -0.05) is 165 Å². The van der Waals surface area contributed by atoms with Crippen LogP contribution in [-0.2, 0) is 5.41 Å². The average Bonchev–Trinajstić information content (AvgIpc) is 4.01. The minimum absolute atomic E-state index is 0.144. The van der Waals surface area contributed by atoms with E-state index in [2.05, 4.69) is 216 Å². The predicted octanol–water partition coefficient (Wildman–Crippen LogP) is 15.6. The van der Waals surface area contributed by atoms with Gasteiger partial charge in [-0.2, -0.15) is 0 Å². The van der Waals surface area contributed by atoms with Crippen molar-refractivity contribution < 1.29 is 0 Å². The Morgan fingerprint density at radius 2 is 1.02 bits per heavy atom. The third-order valence-electron chi connectivity index (χ3n) is 13.3. The van der Waals surface area contributed by atoms with E-state index in [0.29, 0.717) is 0 Å². The molecule has 1 saturated carbocycles. The van der Waals surface area contributed by atoms with Gasteiger partial charge in [0, 0.05) is 38.8 Å². The molecule has 1 aromatic heterocycles. The minimum atomic E-state index is 0.144. The quantitative estimate of drug-likeness (QED) is 0.164. The molecule has 0 saturated heterocycles. The van der Waals surface area contributed by atoms with Crippen molar-refractivity contribution in [3.05, 3.63) is 217 Å². The fraction of sp³-hybridized carbons (Fsp3) is 0.0877. The van der Waals surface area contributed by atoms with E-state index >= 15 is 0 Å². The van der Waals surface area contributed by atoms with Crippen LogP contribution in [0.3, 0.4) is 0 Å². The molecule has 59 heavy (non-hydrogen) atoms. The summed E-state index contributed by atoms with van der Waals surface area (Å²) >= 11 is 0. The van der Waals surface area contributed by atoms with Crippen molar-refractivity contribution in [3.8, 4) is 39.1 Å². The van der Waals surface area contributed by atoms with Gasteiger partial charge in [0.25, 0.3) is 0 Å². The van der Waals surface area contributed by atoms with E-state index in [4.69, 9.17) is 0 Å². The number of aromatic nitrogens is 1. The van der Waals surface area contributed by atoms with Gasteiger partial charge in [-0.15, -0.1) is 0 Å². The molecule has 10 aromatic rings. The van der Waals surface area contributed by atoms with E-state index in [-0.39, 0.29) is 5.41 Å². The third kappa shape index (κ3) is 5.26. The number of para-hydroxylation sites is 3. The smallest absolute Gasteiger partial charge is 0.0561 e. The van der Waals surface area contributed by atoms with Gasteiger partial charge >= 0.3 is 0 Å². The van der Waals surface area contributed by atoms with Gasteiger partial charge in [-0.05, 0) is 117 Å². The molecule has 1 heterocycles. The number of anilines is 3. The van der Waals surface area contributed by atoms with E-state index in [1.165, 1.54) is 103 Å². The topological polar surface area (TPSA) is 8.17 Å². The summed E-state index contributed by atoms with van der Waals surface area (Å²) in [7, 11) is 0. The average molecular weight is 755 g/mol. The van der Waals surface area contributed by atoms with Crippen molar-refractivity contribution in [1.29, 1.82) is 0 Å². The molecule has 0 amide bonds. The highest BCUT2D eigenvalue weighted by Crippen LogP contribution is 2.57. The summed E-state index contributed by atoms with van der Waals surface area (Å²) in [6.45, 7) is 0. The standard InChI is InChI=1S/C57H42N2/c1-2-17-42(18-3-1)59-55-26-11-8-22-50(55)51-34-32-44(38-56(51)59)58(54-25-10-7-21-49(54)46-23-14-16-40-15-4-5-19-45(40)46)43-30-27-39(28-31-43)41-29-33-48-47-20-6-9-24-52(47)57(53(48)37-41)35-12-13-36-57/h1-11,14-34,37-38H,12-13,35-36H2. The van der Waals surface area contributed by atoms with Crippen LogP contribution in [0.4, 0.5) is 17.1 Å². The van der Waals surface area contributed by atoms with Crippen molar-refractivity contribution in [2.24, 2.45) is 0 Å². The lowest BCUT2D eigenvalue weighted by atomic mass is 9.76. The van der Waals surface area contributed by atoms with Gasteiger partial charge in [0.1, 0.15) is 0 Å². The molecular weight excluding hydrogens is 713 g/mol. The summed E-state index contributed by atoms with van der Waals surface area (Å²) in [6.07, 6.45) is 5.05. The van der Waals surface area contributed by atoms with E-state index in [9.17, 15) is 0 Å². The largest absolute Gasteiger partial charge is 0.310 e. The lowest BCUT2D eigenvalue weighted by molar-refractivity contribution is 0.550. The maximum Gasteiger partial charge on any atom is 0.0561 e. The predicted molar refractivity (Wildman–Crippen MR) is 249 cm³/mol. The Bertz CT molecular complexity index is 3210. The first-order valence-electron chi connectivity index (χ1n) is 21.1. The molecule has 0 aliphatic heterocycles. The van der Waals surface area contributed by atoms with Crippen LogP contribution >= 0.6 is 0 Å². The number of hydrogen-bond acceptors (Lipinski definition) is 1. The second-order valence-electron chi connectivity index (χ2n) is 16.4. The highest BCUT2D eigenvalue weighted by atomic mass is 15.1. The zero-order valence-corrected chi connectivity index (χ0v) is 32.9. The maximum atomic E-state index is 2.51. The third-order valence-corrected chi connectivity index (χ3v) is 13.3. The van der Waals surface area contributed by atoms with Crippen molar-refractivity contribution in [3.63, 3.8) is 0 Å². The summed E-state index contributed by atoms with van der Waals surface area (Å²) in [4.78, 5) is 2.46. The highest BCUT2D eigenvalue weighted by Gasteiger charge is 2.44. The molecule has 0 bridgehead atoms. The number of fused-ring (bicyclic) bond motifs is 9. The van der Waals surface area contributed by atoms with Crippen LogP contribution in [0.25, 0.3) is 71.6 Å². The van der Waals surface area contributed by atoms with Gasteiger partial charge < -0.3 is 9.47 Å². The molecule has 2 aliphatic rings. The Balaban J connectivity index is 1.04. The molecule has 280 valence electrons. The lowest BCUT2D eigenvalue weighted by Crippen LogP contribution is -2.20. The Morgan fingerprint density at radius 1 is 0.390 bits per heavy atom. The van der Waals surface area contributed by atoms with Gasteiger partial charge in [-0.3, -0.25) is 0 Å². The Labute approximate surface area is 345 Å². The minimum Gasteiger partial charge on any atom is -0.310 e. The molecule has 1 fully saturated rings. The molecule has 2 aliphatic carbocycles. The lowest BCUT2D eigenvalue weighted by Gasteiger charge is -2.29. The van der Waals surface area contributed by atoms with Crippen LogP contribution in [-0.4, -0.2) is 4.57 Å². The molecule has 2 nitrogen and oxygen atoms in total. The van der Waals surface area contributed by atoms with Crippen LogP contribution in [0, 0.1) is 0 Å². The van der Waals surface area contributed by atoms with Crippen molar-refractivity contribution >= 4 is 49.6 Å². The zero-order chi connectivity index (χ0) is 38.9. The summed E-state index contributed by atoms with van der Waals surface area (Å²) < 4.78 is 2.41. The van der Waals surface area contributed by atoms with Crippen molar-refractivity contribution in [1.82, 2.24) is 4.57 Å². The first kappa shape index (κ1) is 33.9. The van der Waals surface area contributed by atoms with Crippen LogP contribution in [0.2, 0.25) is 0 Å². The fourth-order valence-electron chi connectivity index (χ4n) is 10.7. The Kier molecular flexibility index (Phi) is 7.74. The van der Waals surface area contributed by atoms with Crippen molar-refractivity contribution in [2.45, 2.75) is 31.1 Å². The Morgan fingerprint density at radius 3 is 1.88 bits per heavy atom. The molecule has 0 atom stereocenters. The highest BCUT2D eigenvalue weighted by molar-refractivity contribution is 6.11. The van der Waals surface area contributed by atoms with E-state index < -0.39 is 0 Å². The molecule has 1 spiro atoms. The number of nitrogens with zero attached hydrogens (tertiary/aromatic N) is 2. The number of benzene rings is 9. The van der Waals surface area contributed by atoms with E-state index in [1.807, 2.05) is 0 Å². The summed E-state index contributed by atoms with van der Waals surface area (Å²) in [5, 5.41) is 4.98. The molecule has 0 unspecified atom stereocenters. The maximum absolute atomic E-state index is 2.51. The monoisotopic (exact) mass is 754 g/mol. The molecule has 12 rings (SSSR count). The number of rotatable bonds is 6. The van der Waals surface area contributed by atoms with Crippen LogP contribution < -0.4 is 4.90 Å². The second-order valence-corrected chi connectivity index (χ2v) is 16.4. The van der Waals surface area contributed by atoms with Crippen molar-refractivity contribution in [2.75, 3.05) is 4.90 Å². The SMILES string of the molecule is c1ccc(-n2c3ccccc3c3ccc(N(c4ccc(-c5ccc6c(c5)C5(CCCC5)c5ccccc5-6)cc4)c4ccccc4-c4cccc5ccccc45)cc32)cc1. The zero-order valence-electron chi connectivity index (χ0n) is 32.9.